The van der Waals surface area contributed by atoms with Gasteiger partial charge in [0, 0.05) is 23.8 Å². The zero-order valence-corrected chi connectivity index (χ0v) is 25.6. The highest BCUT2D eigenvalue weighted by atomic mass is 32.2. The molecule has 0 spiro atoms. The number of ether oxygens (including phenoxy) is 1. The van der Waals surface area contributed by atoms with Crippen LogP contribution in [0.15, 0.2) is 18.2 Å². The Morgan fingerprint density at radius 1 is 1.02 bits per heavy atom. The molecule has 0 radical (unpaired) electrons. The number of aliphatic carboxylic acids is 2. The first-order valence-corrected chi connectivity index (χ1v) is 15.1. The van der Waals surface area contributed by atoms with Crippen molar-refractivity contribution in [3.63, 3.8) is 0 Å². The lowest BCUT2D eigenvalue weighted by atomic mass is 10.0. The summed E-state index contributed by atoms with van der Waals surface area (Å²) in [5, 5.41) is 33.1. The van der Waals surface area contributed by atoms with Crippen molar-refractivity contribution in [2.24, 2.45) is 11.7 Å². The first-order chi connectivity index (χ1) is 19.8. The van der Waals surface area contributed by atoms with Gasteiger partial charge in [-0.05, 0) is 36.5 Å². The first-order valence-electron chi connectivity index (χ1n) is 14.1. The van der Waals surface area contributed by atoms with Crippen LogP contribution in [0.4, 0.5) is 0 Å². The molecule has 0 aromatic heterocycles. The van der Waals surface area contributed by atoms with Crippen LogP contribution in [0, 0.1) is 5.92 Å². The molecule has 0 bridgehead atoms. The number of aromatic hydroxyl groups is 1. The third kappa shape index (κ3) is 13.6. The Morgan fingerprint density at radius 2 is 1.71 bits per heavy atom. The quantitative estimate of drug-likeness (QED) is 0.111. The molecule has 0 aliphatic heterocycles. The molecule has 0 aliphatic rings. The molecule has 1 aromatic carbocycles. The van der Waals surface area contributed by atoms with Gasteiger partial charge in [0.05, 0.1) is 13.5 Å². The SMILES string of the molecule is CCCCCC(CC(=O)CCc1ccc(O)c(OC)c1)SCC(NC(=O)CC(N)C(=O)O)C(=O)NC(C(=O)O)C(C)C. The summed E-state index contributed by atoms with van der Waals surface area (Å²) in [6.07, 6.45) is 3.90. The number of carboxylic acids is 2. The minimum absolute atomic E-state index is 0.0126. The number of methoxy groups -OCH3 is 1. The molecule has 236 valence electrons. The summed E-state index contributed by atoms with van der Waals surface area (Å²) in [7, 11) is 1.45. The van der Waals surface area contributed by atoms with Crippen LogP contribution in [0.1, 0.15) is 71.3 Å². The maximum atomic E-state index is 13.1. The van der Waals surface area contributed by atoms with Crippen LogP contribution in [0.25, 0.3) is 0 Å². The molecule has 4 atom stereocenters. The average molecular weight is 612 g/mol. The molecule has 1 rings (SSSR count). The second-order valence-corrected chi connectivity index (χ2v) is 11.9. The summed E-state index contributed by atoms with van der Waals surface area (Å²) >= 11 is 1.33. The fourth-order valence-electron chi connectivity index (χ4n) is 4.11. The largest absolute Gasteiger partial charge is 0.504 e. The molecule has 4 unspecified atom stereocenters. The molecule has 0 saturated heterocycles. The highest BCUT2D eigenvalue weighted by Crippen LogP contribution is 2.28. The number of benzene rings is 1. The van der Waals surface area contributed by atoms with Crippen molar-refractivity contribution in [2.75, 3.05) is 12.9 Å². The summed E-state index contributed by atoms with van der Waals surface area (Å²) < 4.78 is 5.13. The Labute approximate surface area is 251 Å². The van der Waals surface area contributed by atoms with Gasteiger partial charge in [0.15, 0.2) is 11.5 Å². The number of Topliss-reactive ketones (excluding diaryl/α,β-unsaturated/α-hetero) is 1. The van der Waals surface area contributed by atoms with Gasteiger partial charge in [0.1, 0.15) is 23.9 Å². The minimum Gasteiger partial charge on any atom is -0.504 e. The second kappa shape index (κ2) is 19.0. The first kappa shape index (κ1) is 36.7. The Hall–Kier alpha value is -3.32. The van der Waals surface area contributed by atoms with Crippen molar-refractivity contribution in [3.05, 3.63) is 23.8 Å². The molecule has 0 aliphatic carbocycles. The van der Waals surface area contributed by atoms with E-state index >= 15 is 0 Å². The van der Waals surface area contributed by atoms with E-state index in [1.165, 1.54) is 24.9 Å². The topological polar surface area (TPSA) is 205 Å². The maximum absolute atomic E-state index is 13.1. The van der Waals surface area contributed by atoms with Crippen molar-refractivity contribution in [2.45, 2.75) is 95.5 Å². The number of amides is 2. The molecule has 0 heterocycles. The molecule has 42 heavy (non-hydrogen) atoms. The predicted molar refractivity (Wildman–Crippen MR) is 160 cm³/mol. The van der Waals surface area contributed by atoms with Gasteiger partial charge in [0.25, 0.3) is 0 Å². The lowest BCUT2D eigenvalue weighted by Gasteiger charge is -2.25. The standard InChI is InChI=1S/C29H45N3O9S/c1-5-6-7-8-20(14-19(33)11-9-18-10-12-23(34)24(13-18)41-4)42-16-22(31-25(35)15-21(30)28(37)38)27(36)32-26(17(2)3)29(39)40/h10,12-13,17,20-22,26,34H,5-9,11,14-16,30H2,1-4H3,(H,31,35)(H,32,36)(H,37,38)(H,39,40). The molecule has 2 amide bonds. The van der Waals surface area contributed by atoms with Crippen molar-refractivity contribution >= 4 is 41.3 Å². The van der Waals surface area contributed by atoms with E-state index in [0.29, 0.717) is 18.6 Å². The van der Waals surface area contributed by atoms with E-state index < -0.39 is 54.2 Å². The molecule has 7 N–H and O–H groups in total. The number of hydrogen-bond acceptors (Lipinski definition) is 9. The summed E-state index contributed by atoms with van der Waals surface area (Å²) in [5.41, 5.74) is 6.31. The van der Waals surface area contributed by atoms with Gasteiger partial charge < -0.3 is 36.4 Å². The number of hydrogen-bond donors (Lipinski definition) is 6. The zero-order valence-electron chi connectivity index (χ0n) is 24.8. The van der Waals surface area contributed by atoms with Crippen LogP contribution < -0.4 is 21.1 Å². The van der Waals surface area contributed by atoms with Gasteiger partial charge in [-0.1, -0.05) is 46.1 Å². The number of aryl methyl sites for hydroxylation is 1. The van der Waals surface area contributed by atoms with Gasteiger partial charge in [-0.2, -0.15) is 11.8 Å². The van der Waals surface area contributed by atoms with Crippen LogP contribution in [0.2, 0.25) is 0 Å². The second-order valence-electron chi connectivity index (χ2n) is 10.5. The number of ketones is 1. The summed E-state index contributed by atoms with van der Waals surface area (Å²) in [4.78, 5) is 61.3. The fourth-order valence-corrected chi connectivity index (χ4v) is 5.44. The number of rotatable bonds is 21. The van der Waals surface area contributed by atoms with Gasteiger partial charge in [-0.3, -0.25) is 19.2 Å². The number of nitrogens with two attached hydrogens (primary N) is 1. The lowest BCUT2D eigenvalue weighted by molar-refractivity contribution is -0.143. The van der Waals surface area contributed by atoms with E-state index in [4.69, 9.17) is 15.6 Å². The molecular formula is C29H45N3O9S. The average Bonchev–Trinajstić information content (AvgIpc) is 2.92. The molecule has 13 heteroatoms. The Bertz CT molecular complexity index is 1070. The van der Waals surface area contributed by atoms with Crippen molar-refractivity contribution in [3.8, 4) is 11.5 Å². The Kier molecular flexibility index (Phi) is 16.6. The molecule has 0 saturated carbocycles. The zero-order chi connectivity index (χ0) is 31.8. The molecule has 12 nitrogen and oxygen atoms in total. The van der Waals surface area contributed by atoms with E-state index in [-0.39, 0.29) is 35.4 Å². The number of unbranched alkanes of at least 4 members (excludes halogenated alkanes) is 2. The van der Waals surface area contributed by atoms with Crippen LogP contribution in [-0.4, -0.2) is 81.1 Å². The number of phenols is 1. The number of nitrogens with one attached hydrogen (secondary N) is 2. The lowest BCUT2D eigenvalue weighted by Crippen LogP contribution is -2.54. The van der Waals surface area contributed by atoms with E-state index in [0.717, 1.165) is 24.8 Å². The van der Waals surface area contributed by atoms with Crippen LogP contribution in [-0.2, 0) is 30.4 Å². The Morgan fingerprint density at radius 3 is 2.29 bits per heavy atom. The molecular weight excluding hydrogens is 566 g/mol. The number of carbonyl (C=O) groups excluding carboxylic acids is 3. The minimum atomic E-state index is -1.46. The number of phenolic OH excluding ortho intramolecular Hbond substituents is 1. The monoisotopic (exact) mass is 611 g/mol. The maximum Gasteiger partial charge on any atom is 0.326 e. The van der Waals surface area contributed by atoms with Crippen LogP contribution in [0.5, 0.6) is 11.5 Å². The smallest absolute Gasteiger partial charge is 0.326 e. The van der Waals surface area contributed by atoms with Gasteiger partial charge in [-0.15, -0.1) is 0 Å². The summed E-state index contributed by atoms with van der Waals surface area (Å²) in [5.74, 6) is -4.10. The predicted octanol–water partition coefficient (Wildman–Crippen LogP) is 2.49. The van der Waals surface area contributed by atoms with E-state index in [1.807, 2.05) is 0 Å². The van der Waals surface area contributed by atoms with Crippen LogP contribution in [0.3, 0.4) is 0 Å². The fraction of sp³-hybridized carbons (Fsp3) is 0.621. The number of thioether (sulfide) groups is 1. The van der Waals surface area contributed by atoms with E-state index in [2.05, 4.69) is 17.6 Å². The van der Waals surface area contributed by atoms with Crippen LogP contribution >= 0.6 is 11.8 Å². The van der Waals surface area contributed by atoms with Gasteiger partial charge in [0.2, 0.25) is 11.8 Å². The van der Waals surface area contributed by atoms with Gasteiger partial charge >= 0.3 is 11.9 Å². The van der Waals surface area contributed by atoms with E-state index in [9.17, 15) is 34.2 Å². The third-order valence-electron chi connectivity index (χ3n) is 6.62. The number of carbonyl (C=O) groups is 5. The van der Waals surface area contributed by atoms with Gasteiger partial charge in [-0.25, -0.2) is 4.79 Å². The van der Waals surface area contributed by atoms with E-state index in [1.54, 1.807) is 26.0 Å². The Balaban J connectivity index is 2.98. The molecule has 0 fully saturated rings. The highest BCUT2D eigenvalue weighted by molar-refractivity contribution is 8.00. The van der Waals surface area contributed by atoms with Crippen molar-refractivity contribution in [1.29, 1.82) is 0 Å². The summed E-state index contributed by atoms with van der Waals surface area (Å²) in [6, 6.07) is 1.10. The summed E-state index contributed by atoms with van der Waals surface area (Å²) in [6.45, 7) is 5.33. The molecule has 1 aromatic rings. The van der Waals surface area contributed by atoms with Crippen molar-refractivity contribution < 1.29 is 44.0 Å². The normalized spacial score (nSPS) is 14.0. The van der Waals surface area contributed by atoms with Crippen molar-refractivity contribution in [1.82, 2.24) is 10.6 Å². The highest BCUT2D eigenvalue weighted by Gasteiger charge is 2.30. The number of carboxylic acid groups (broad SMARTS) is 2. The third-order valence-corrected chi connectivity index (χ3v) is 8.02.